The van der Waals surface area contributed by atoms with E-state index in [1.807, 2.05) is 13.8 Å². The number of nitrogens with one attached hydrogen (secondary N) is 1. The lowest BCUT2D eigenvalue weighted by Crippen LogP contribution is -2.24. The molecule has 114 valence electrons. The van der Waals surface area contributed by atoms with Gasteiger partial charge in [0.25, 0.3) is 5.56 Å². The number of nitrogens with zero attached hydrogens (tertiary/aromatic N) is 1. The predicted molar refractivity (Wildman–Crippen MR) is 82.9 cm³/mol. The molecule has 0 aliphatic carbocycles. The molecular formula is C15H13ClN2O4. The molecule has 3 rings (SSSR count). The molecule has 1 aromatic rings. The first kappa shape index (κ1) is 14.6. The summed E-state index contributed by atoms with van der Waals surface area (Å²) in [5.41, 5.74) is -0.657. The molecule has 6 nitrogen and oxygen atoms in total. The van der Waals surface area contributed by atoms with Crippen molar-refractivity contribution in [2.45, 2.75) is 13.8 Å². The minimum absolute atomic E-state index is 0.0154. The van der Waals surface area contributed by atoms with Gasteiger partial charge in [-0.3, -0.25) is 9.78 Å². The Kier molecular flexibility index (Phi) is 3.62. The van der Waals surface area contributed by atoms with Gasteiger partial charge in [0.1, 0.15) is 16.9 Å². The molecule has 2 heterocycles. The van der Waals surface area contributed by atoms with Crippen LogP contribution in [0, 0.1) is 5.92 Å². The summed E-state index contributed by atoms with van der Waals surface area (Å²) < 4.78 is 11.2. The fourth-order valence-corrected chi connectivity index (χ4v) is 2.25. The van der Waals surface area contributed by atoms with Gasteiger partial charge in [0.05, 0.1) is 11.6 Å². The summed E-state index contributed by atoms with van der Waals surface area (Å²) in [5.74, 6) is 0.820. The largest absolute Gasteiger partial charge is 0.492 e. The van der Waals surface area contributed by atoms with Crippen molar-refractivity contribution in [3.8, 4) is 17.2 Å². The van der Waals surface area contributed by atoms with Gasteiger partial charge in [-0.2, -0.15) is 4.98 Å². The number of fused-ring (bicyclic) bond motifs is 2. The molecule has 2 aliphatic heterocycles. The van der Waals surface area contributed by atoms with Crippen LogP contribution in [0.25, 0.3) is 22.4 Å². The predicted octanol–water partition coefficient (Wildman–Crippen LogP) is 2.67. The number of rotatable bonds is 3. The minimum Gasteiger partial charge on any atom is -0.492 e. The number of benzene rings is 1. The van der Waals surface area contributed by atoms with E-state index in [2.05, 4.69) is 9.97 Å². The van der Waals surface area contributed by atoms with Gasteiger partial charge < -0.3 is 9.15 Å². The zero-order valence-corrected chi connectivity index (χ0v) is 12.7. The summed E-state index contributed by atoms with van der Waals surface area (Å²) >= 11 is 6.18. The highest BCUT2D eigenvalue weighted by Gasteiger charge is 2.15. The van der Waals surface area contributed by atoms with Crippen LogP contribution in [0.4, 0.5) is 0 Å². The number of halogens is 1. The third-order valence-corrected chi connectivity index (χ3v) is 3.34. The molecule has 2 aliphatic rings. The minimum atomic E-state index is -0.745. The summed E-state index contributed by atoms with van der Waals surface area (Å²) in [7, 11) is 0. The Hall–Kier alpha value is -2.34. The van der Waals surface area contributed by atoms with Crippen LogP contribution in [0.1, 0.15) is 13.8 Å². The molecule has 22 heavy (non-hydrogen) atoms. The summed E-state index contributed by atoms with van der Waals surface area (Å²) in [4.78, 5) is 28.8. The zero-order valence-electron chi connectivity index (χ0n) is 12.0. The Morgan fingerprint density at radius 2 is 2.09 bits per heavy atom. The second kappa shape index (κ2) is 5.46. The Morgan fingerprint density at radius 3 is 2.82 bits per heavy atom. The molecule has 0 unspecified atom stereocenters. The lowest BCUT2D eigenvalue weighted by molar-refractivity contribution is 0.271. The average Bonchev–Trinajstić information content (AvgIpc) is 2.43. The van der Waals surface area contributed by atoms with E-state index in [9.17, 15) is 9.59 Å². The molecule has 1 aromatic carbocycles. The first-order valence-electron chi connectivity index (χ1n) is 6.74. The van der Waals surface area contributed by atoms with E-state index in [0.717, 1.165) is 0 Å². The van der Waals surface area contributed by atoms with Crippen LogP contribution < -0.4 is 16.0 Å². The summed E-state index contributed by atoms with van der Waals surface area (Å²) in [6.07, 6.45) is 0. The average molecular weight is 321 g/mol. The molecule has 1 N–H and O–H groups in total. The van der Waals surface area contributed by atoms with Crippen LogP contribution >= 0.6 is 11.6 Å². The highest BCUT2D eigenvalue weighted by Crippen LogP contribution is 2.33. The molecule has 0 fully saturated rings. The van der Waals surface area contributed by atoms with Crippen molar-refractivity contribution >= 4 is 22.6 Å². The van der Waals surface area contributed by atoms with Crippen molar-refractivity contribution in [3.05, 3.63) is 44.1 Å². The molecule has 0 amide bonds. The molecular weight excluding hydrogens is 308 g/mol. The monoisotopic (exact) mass is 320 g/mol. The van der Waals surface area contributed by atoms with Gasteiger partial charge in [0.2, 0.25) is 5.89 Å². The van der Waals surface area contributed by atoms with Gasteiger partial charge >= 0.3 is 5.69 Å². The van der Waals surface area contributed by atoms with E-state index < -0.39 is 11.2 Å². The normalized spacial score (nSPS) is 11.5. The number of aromatic nitrogens is 2. The molecule has 0 saturated heterocycles. The number of H-pyrrole nitrogens is 1. The van der Waals surface area contributed by atoms with E-state index in [1.54, 1.807) is 18.2 Å². The van der Waals surface area contributed by atoms with Crippen molar-refractivity contribution in [2.75, 3.05) is 6.61 Å². The van der Waals surface area contributed by atoms with E-state index in [0.29, 0.717) is 34.3 Å². The molecule has 0 saturated carbocycles. The number of ether oxygens (including phenoxy) is 1. The molecule has 0 spiro atoms. The van der Waals surface area contributed by atoms with Gasteiger partial charge in [0.15, 0.2) is 0 Å². The van der Waals surface area contributed by atoms with Crippen LogP contribution in [-0.2, 0) is 0 Å². The van der Waals surface area contributed by atoms with Crippen molar-refractivity contribution in [3.63, 3.8) is 0 Å². The van der Waals surface area contributed by atoms with E-state index in [4.69, 9.17) is 20.8 Å². The Morgan fingerprint density at radius 1 is 1.32 bits per heavy atom. The SMILES string of the molecule is CC(C)COc1cc2oc3nc(=O)[nH]c(=O)c-3cc2cc1Cl. The van der Waals surface area contributed by atoms with Gasteiger partial charge in [-0.15, -0.1) is 0 Å². The van der Waals surface area contributed by atoms with Gasteiger partial charge in [-0.1, -0.05) is 25.4 Å². The maximum absolute atomic E-state index is 11.8. The number of hydrogen-bond donors (Lipinski definition) is 1. The standard InChI is InChI=1S/C15H13ClN2O4/c1-7(2)6-21-12-5-11-8(4-10(12)16)3-9-13(19)17-15(20)18-14(9)22-11/h3-5,7H,6H2,1-2H3,(H,17,19,20). The van der Waals surface area contributed by atoms with Gasteiger partial charge in [-0.25, -0.2) is 4.79 Å². The summed E-state index contributed by atoms with van der Waals surface area (Å²) in [6, 6.07) is 4.87. The molecule has 0 bridgehead atoms. The Bertz CT molecular complexity index is 929. The maximum Gasteiger partial charge on any atom is 0.351 e. The first-order valence-corrected chi connectivity index (χ1v) is 7.12. The fraction of sp³-hybridized carbons (Fsp3) is 0.267. The van der Waals surface area contributed by atoms with Crippen LogP contribution in [0.3, 0.4) is 0 Å². The smallest absolute Gasteiger partial charge is 0.351 e. The van der Waals surface area contributed by atoms with Crippen molar-refractivity contribution in [1.82, 2.24) is 9.97 Å². The van der Waals surface area contributed by atoms with E-state index >= 15 is 0 Å². The quantitative estimate of drug-likeness (QED) is 0.750. The number of hydrogen-bond acceptors (Lipinski definition) is 5. The lowest BCUT2D eigenvalue weighted by Gasteiger charge is -2.11. The highest BCUT2D eigenvalue weighted by molar-refractivity contribution is 6.32. The van der Waals surface area contributed by atoms with E-state index in [-0.39, 0.29) is 11.5 Å². The third-order valence-electron chi connectivity index (χ3n) is 3.04. The van der Waals surface area contributed by atoms with E-state index in [1.165, 1.54) is 0 Å². The second-order valence-electron chi connectivity index (χ2n) is 5.36. The van der Waals surface area contributed by atoms with Crippen LogP contribution in [-0.4, -0.2) is 16.6 Å². The zero-order chi connectivity index (χ0) is 15.9. The number of aromatic amines is 1. The first-order chi connectivity index (χ1) is 10.4. The van der Waals surface area contributed by atoms with Crippen LogP contribution in [0.2, 0.25) is 5.02 Å². The Labute approximate surface area is 130 Å². The summed E-state index contributed by atoms with van der Waals surface area (Å²) in [6.45, 7) is 4.57. The molecule has 0 radical (unpaired) electrons. The van der Waals surface area contributed by atoms with Crippen molar-refractivity contribution < 1.29 is 9.15 Å². The topological polar surface area (TPSA) is 85.2 Å². The van der Waals surface area contributed by atoms with Gasteiger partial charge in [0, 0.05) is 11.5 Å². The third kappa shape index (κ3) is 2.69. The molecule has 7 heteroatoms. The molecule has 0 atom stereocenters. The lowest BCUT2D eigenvalue weighted by atomic mass is 10.1. The summed E-state index contributed by atoms with van der Waals surface area (Å²) in [5, 5.41) is 1.05. The molecule has 0 aromatic heterocycles. The Balaban J connectivity index is 2.20. The van der Waals surface area contributed by atoms with Crippen LogP contribution in [0.5, 0.6) is 5.75 Å². The maximum atomic E-state index is 11.8. The highest BCUT2D eigenvalue weighted by atomic mass is 35.5. The van der Waals surface area contributed by atoms with Crippen molar-refractivity contribution in [2.24, 2.45) is 5.92 Å². The second-order valence-corrected chi connectivity index (χ2v) is 5.77. The van der Waals surface area contributed by atoms with Crippen molar-refractivity contribution in [1.29, 1.82) is 0 Å². The van der Waals surface area contributed by atoms with Crippen LogP contribution in [0.15, 0.2) is 32.2 Å². The fourth-order valence-electron chi connectivity index (χ4n) is 2.03. The van der Waals surface area contributed by atoms with Gasteiger partial charge in [-0.05, 0) is 18.1 Å².